The molecular weight excluding hydrogens is 330 g/mol. The fraction of sp³-hybridized carbons (Fsp3) is 0.421. The van der Waals surface area contributed by atoms with Crippen molar-refractivity contribution < 1.29 is 0 Å². The minimum atomic E-state index is -0.306. The van der Waals surface area contributed by atoms with E-state index in [1.54, 1.807) is 7.05 Å². The lowest BCUT2D eigenvalue weighted by molar-refractivity contribution is 0.590. The van der Waals surface area contributed by atoms with Crippen LogP contribution in [0.1, 0.15) is 24.5 Å². The normalized spacial score (nSPS) is 13.6. The molecule has 7 heteroatoms. The Hall–Kier alpha value is -2.83. The van der Waals surface area contributed by atoms with Crippen molar-refractivity contribution >= 4 is 22.8 Å². The molecule has 1 aliphatic rings. The number of hydrogen-bond donors (Lipinski definition) is 0. The van der Waals surface area contributed by atoms with Gasteiger partial charge in [0, 0.05) is 32.4 Å². The Bertz CT molecular complexity index is 1140. The van der Waals surface area contributed by atoms with Crippen molar-refractivity contribution in [2.45, 2.75) is 40.3 Å². The Morgan fingerprint density at radius 3 is 2.65 bits per heavy atom. The van der Waals surface area contributed by atoms with Gasteiger partial charge in [0.25, 0.3) is 5.56 Å². The van der Waals surface area contributed by atoms with Crippen LogP contribution in [0, 0.1) is 13.8 Å². The molecule has 0 bridgehead atoms. The summed E-state index contributed by atoms with van der Waals surface area (Å²) in [7, 11) is 1.68. The van der Waals surface area contributed by atoms with Crippen LogP contribution in [0.25, 0.3) is 11.2 Å². The van der Waals surface area contributed by atoms with Crippen molar-refractivity contribution in [2.24, 2.45) is 7.05 Å². The number of benzene rings is 1. The second-order valence-electron chi connectivity index (χ2n) is 6.98. The number of rotatable bonds is 3. The number of aryl methyl sites for hydroxylation is 3. The summed E-state index contributed by atoms with van der Waals surface area (Å²) in [6.45, 7) is 7.96. The molecule has 136 valence electrons. The van der Waals surface area contributed by atoms with Crippen LogP contribution in [-0.4, -0.2) is 25.2 Å². The number of imidazole rings is 1. The highest BCUT2D eigenvalue weighted by Crippen LogP contribution is 2.33. The summed E-state index contributed by atoms with van der Waals surface area (Å²) in [6, 6.07) is 6.32. The van der Waals surface area contributed by atoms with Crippen molar-refractivity contribution in [3.05, 3.63) is 50.2 Å². The van der Waals surface area contributed by atoms with Crippen molar-refractivity contribution in [3.63, 3.8) is 0 Å². The van der Waals surface area contributed by atoms with E-state index in [0.29, 0.717) is 24.3 Å². The molecule has 0 saturated heterocycles. The van der Waals surface area contributed by atoms with Gasteiger partial charge < -0.3 is 9.47 Å². The van der Waals surface area contributed by atoms with E-state index in [-0.39, 0.29) is 11.2 Å². The van der Waals surface area contributed by atoms with E-state index in [1.807, 2.05) is 11.5 Å². The molecule has 3 heterocycles. The number of fused-ring (bicyclic) bond motifs is 3. The van der Waals surface area contributed by atoms with E-state index in [9.17, 15) is 9.59 Å². The van der Waals surface area contributed by atoms with Crippen molar-refractivity contribution in [3.8, 4) is 0 Å². The molecule has 1 aromatic carbocycles. The van der Waals surface area contributed by atoms with Crippen LogP contribution in [0.15, 0.2) is 27.8 Å². The maximum Gasteiger partial charge on any atom is 0.332 e. The molecule has 0 amide bonds. The molecule has 0 fully saturated rings. The third-order valence-corrected chi connectivity index (χ3v) is 5.10. The number of aromatic nitrogens is 4. The topological polar surface area (TPSA) is 65.1 Å². The Balaban J connectivity index is 1.98. The van der Waals surface area contributed by atoms with Gasteiger partial charge in [-0.05, 0) is 37.5 Å². The summed E-state index contributed by atoms with van der Waals surface area (Å²) in [5.41, 5.74) is 3.86. The maximum atomic E-state index is 12.9. The van der Waals surface area contributed by atoms with E-state index in [2.05, 4.69) is 41.9 Å². The first-order chi connectivity index (χ1) is 12.4. The molecule has 0 radical (unpaired) electrons. The van der Waals surface area contributed by atoms with Gasteiger partial charge in [0.2, 0.25) is 5.95 Å². The van der Waals surface area contributed by atoms with Gasteiger partial charge in [-0.15, -0.1) is 0 Å². The summed E-state index contributed by atoms with van der Waals surface area (Å²) >= 11 is 0. The third kappa shape index (κ3) is 2.23. The Kier molecular flexibility index (Phi) is 3.75. The van der Waals surface area contributed by atoms with Crippen LogP contribution >= 0.6 is 0 Å². The molecule has 0 aliphatic carbocycles. The van der Waals surface area contributed by atoms with Gasteiger partial charge in [-0.1, -0.05) is 19.1 Å². The van der Waals surface area contributed by atoms with E-state index >= 15 is 0 Å². The van der Waals surface area contributed by atoms with Crippen LogP contribution < -0.4 is 16.1 Å². The first-order valence-electron chi connectivity index (χ1n) is 8.99. The highest BCUT2D eigenvalue weighted by molar-refractivity contribution is 5.78. The van der Waals surface area contributed by atoms with Gasteiger partial charge in [0.05, 0.1) is 0 Å². The Morgan fingerprint density at radius 1 is 1.15 bits per heavy atom. The van der Waals surface area contributed by atoms with Crippen molar-refractivity contribution in [1.29, 1.82) is 0 Å². The Morgan fingerprint density at radius 2 is 1.92 bits per heavy atom. The first-order valence-corrected chi connectivity index (χ1v) is 8.99. The third-order valence-electron chi connectivity index (χ3n) is 5.10. The van der Waals surface area contributed by atoms with Gasteiger partial charge in [0.15, 0.2) is 11.2 Å². The summed E-state index contributed by atoms with van der Waals surface area (Å²) in [6.07, 6.45) is 0.732. The van der Waals surface area contributed by atoms with Crippen LogP contribution in [0.2, 0.25) is 0 Å². The highest BCUT2D eigenvalue weighted by Gasteiger charge is 2.29. The maximum absolute atomic E-state index is 12.9. The number of anilines is 2. The second-order valence-corrected chi connectivity index (χ2v) is 6.98. The second kappa shape index (κ2) is 5.86. The van der Waals surface area contributed by atoms with Crippen molar-refractivity contribution in [2.75, 3.05) is 11.4 Å². The molecular formula is C19H23N5O2. The van der Waals surface area contributed by atoms with Crippen LogP contribution in [0.3, 0.4) is 0 Å². The zero-order valence-electron chi connectivity index (χ0n) is 15.6. The van der Waals surface area contributed by atoms with E-state index in [1.165, 1.54) is 14.7 Å². The molecule has 1 aliphatic heterocycles. The quantitative estimate of drug-likeness (QED) is 0.723. The van der Waals surface area contributed by atoms with Gasteiger partial charge >= 0.3 is 5.69 Å². The lowest BCUT2D eigenvalue weighted by Gasteiger charge is -2.19. The average Bonchev–Trinajstić information content (AvgIpc) is 3.18. The minimum absolute atomic E-state index is 0.244. The standard InChI is InChI=1S/C19H23N5O2/c1-5-8-24-17(25)15-16(21(4)19(24)26)20-18-22(9-10-23(15)18)14-11-12(2)6-7-13(14)3/h6-7,11H,5,8-10H2,1-4H3. The summed E-state index contributed by atoms with van der Waals surface area (Å²) in [5, 5.41) is 0. The average molecular weight is 353 g/mol. The summed E-state index contributed by atoms with van der Waals surface area (Å²) < 4.78 is 4.75. The molecule has 7 nitrogen and oxygen atoms in total. The molecule has 4 rings (SSSR count). The molecule has 0 atom stereocenters. The molecule has 0 saturated carbocycles. The van der Waals surface area contributed by atoms with Gasteiger partial charge in [-0.3, -0.25) is 13.9 Å². The molecule has 0 unspecified atom stereocenters. The molecule has 26 heavy (non-hydrogen) atoms. The largest absolute Gasteiger partial charge is 0.332 e. The summed E-state index contributed by atoms with van der Waals surface area (Å²) in [5.74, 6) is 0.732. The lowest BCUT2D eigenvalue weighted by atomic mass is 10.1. The van der Waals surface area contributed by atoms with Crippen LogP contribution in [-0.2, 0) is 20.1 Å². The van der Waals surface area contributed by atoms with E-state index in [0.717, 1.165) is 30.2 Å². The van der Waals surface area contributed by atoms with Gasteiger partial charge in [-0.25, -0.2) is 4.79 Å². The van der Waals surface area contributed by atoms with Gasteiger partial charge in [0.1, 0.15) is 0 Å². The minimum Gasteiger partial charge on any atom is -0.310 e. The van der Waals surface area contributed by atoms with E-state index in [4.69, 9.17) is 0 Å². The predicted molar refractivity (Wildman–Crippen MR) is 102 cm³/mol. The first kappa shape index (κ1) is 16.6. The highest BCUT2D eigenvalue weighted by atomic mass is 16.2. The van der Waals surface area contributed by atoms with Crippen molar-refractivity contribution in [1.82, 2.24) is 18.7 Å². The van der Waals surface area contributed by atoms with Crippen LogP contribution in [0.5, 0.6) is 0 Å². The van der Waals surface area contributed by atoms with E-state index < -0.39 is 0 Å². The smallest absolute Gasteiger partial charge is 0.310 e. The fourth-order valence-corrected chi connectivity index (χ4v) is 3.74. The Labute approximate surface area is 151 Å². The zero-order valence-corrected chi connectivity index (χ0v) is 15.6. The zero-order chi connectivity index (χ0) is 18.6. The summed E-state index contributed by atoms with van der Waals surface area (Å²) in [4.78, 5) is 32.3. The molecule has 2 aromatic heterocycles. The lowest BCUT2D eigenvalue weighted by Crippen LogP contribution is -2.39. The molecule has 0 spiro atoms. The SMILES string of the molecule is CCCn1c(=O)c2c(nc3n2CCN3c2cc(C)ccc2C)n(C)c1=O. The fourth-order valence-electron chi connectivity index (χ4n) is 3.74. The molecule has 3 aromatic rings. The van der Waals surface area contributed by atoms with Crippen LogP contribution in [0.4, 0.5) is 11.6 Å². The number of hydrogen-bond acceptors (Lipinski definition) is 4. The molecule has 0 N–H and O–H groups in total. The monoisotopic (exact) mass is 353 g/mol. The number of nitrogens with zero attached hydrogens (tertiary/aromatic N) is 5. The predicted octanol–water partition coefficient (Wildman–Crippen LogP) is 2.08. The van der Waals surface area contributed by atoms with Gasteiger partial charge in [-0.2, -0.15) is 4.98 Å².